The average Bonchev–Trinajstić information content (AvgIpc) is 3.10. The van der Waals surface area contributed by atoms with Crippen LogP contribution in [0.3, 0.4) is 0 Å². The highest BCUT2D eigenvalue weighted by atomic mass is 32.2. The molecule has 2 aromatic carbocycles. The van der Waals surface area contributed by atoms with Crippen LogP contribution in [0.2, 0.25) is 0 Å². The van der Waals surface area contributed by atoms with Gasteiger partial charge in [0, 0.05) is 18.0 Å². The van der Waals surface area contributed by atoms with Crippen molar-refractivity contribution in [1.82, 2.24) is 20.2 Å². The number of aromatic nitrogens is 4. The highest BCUT2D eigenvalue weighted by Gasteiger charge is 2.13. The summed E-state index contributed by atoms with van der Waals surface area (Å²) in [4.78, 5) is 9.47. The number of anilines is 1. The molecule has 5 nitrogen and oxygen atoms in total. The number of nitrogens with zero attached hydrogens (tertiary/aromatic N) is 4. The average molecular weight is 351 g/mol. The number of hydrogen-bond acceptors (Lipinski definition) is 7. The van der Waals surface area contributed by atoms with Crippen LogP contribution in [0.5, 0.6) is 0 Å². The van der Waals surface area contributed by atoms with Crippen LogP contribution in [0.1, 0.15) is 0 Å². The lowest BCUT2D eigenvalue weighted by atomic mass is 10.2. The van der Waals surface area contributed by atoms with Crippen molar-refractivity contribution in [1.29, 1.82) is 0 Å². The van der Waals surface area contributed by atoms with E-state index in [4.69, 9.17) is 9.97 Å². The van der Waals surface area contributed by atoms with E-state index in [1.54, 1.807) is 0 Å². The van der Waals surface area contributed by atoms with Crippen LogP contribution in [0.15, 0.2) is 64.0 Å². The standard InChI is InChI=1S/C17H13N5S2/c1-18-16-21-22-17(24-16)23-15-12-9-5-6-10-13(12)19-14(20-15)11-7-3-2-4-8-11/h2-10H,1H3,(H,18,21). The molecule has 0 saturated heterocycles. The summed E-state index contributed by atoms with van der Waals surface area (Å²) in [7, 11) is 1.84. The molecule has 0 aliphatic rings. The molecule has 2 aromatic heterocycles. The maximum atomic E-state index is 4.77. The van der Waals surface area contributed by atoms with Crippen LogP contribution < -0.4 is 5.32 Å². The van der Waals surface area contributed by atoms with Gasteiger partial charge in [0.2, 0.25) is 5.13 Å². The Morgan fingerprint density at radius 3 is 2.50 bits per heavy atom. The molecule has 7 heteroatoms. The van der Waals surface area contributed by atoms with Crippen LogP contribution >= 0.6 is 23.1 Å². The van der Waals surface area contributed by atoms with Crippen LogP contribution in [0.25, 0.3) is 22.3 Å². The lowest BCUT2D eigenvalue weighted by molar-refractivity contribution is 1.01. The Morgan fingerprint density at radius 2 is 1.71 bits per heavy atom. The van der Waals surface area contributed by atoms with Gasteiger partial charge in [-0.1, -0.05) is 59.9 Å². The SMILES string of the molecule is CNc1nnc(Sc2nc(-c3ccccc3)nc3ccccc23)s1. The summed E-state index contributed by atoms with van der Waals surface area (Å²) >= 11 is 3.02. The zero-order valence-corrected chi connectivity index (χ0v) is 14.4. The second-order valence-corrected chi connectivity index (χ2v) is 7.17. The molecule has 0 saturated carbocycles. The van der Waals surface area contributed by atoms with E-state index >= 15 is 0 Å². The van der Waals surface area contributed by atoms with Gasteiger partial charge >= 0.3 is 0 Å². The molecular weight excluding hydrogens is 338 g/mol. The van der Waals surface area contributed by atoms with E-state index in [1.807, 2.05) is 61.6 Å². The monoisotopic (exact) mass is 351 g/mol. The van der Waals surface area contributed by atoms with Crippen molar-refractivity contribution in [2.24, 2.45) is 0 Å². The zero-order chi connectivity index (χ0) is 16.4. The summed E-state index contributed by atoms with van der Waals surface area (Å²) in [6.45, 7) is 0. The van der Waals surface area contributed by atoms with E-state index in [-0.39, 0.29) is 0 Å². The summed E-state index contributed by atoms with van der Waals surface area (Å²) < 4.78 is 0.849. The lowest BCUT2D eigenvalue weighted by Crippen LogP contribution is -1.93. The number of hydrogen-bond donors (Lipinski definition) is 1. The Labute approximate surface area is 147 Å². The quantitative estimate of drug-likeness (QED) is 0.552. The molecule has 0 amide bonds. The maximum absolute atomic E-state index is 4.77. The van der Waals surface area contributed by atoms with E-state index in [0.29, 0.717) is 0 Å². The first-order chi connectivity index (χ1) is 11.8. The van der Waals surface area contributed by atoms with Crippen molar-refractivity contribution in [3.05, 3.63) is 54.6 Å². The molecule has 118 valence electrons. The third kappa shape index (κ3) is 2.95. The molecule has 0 aliphatic carbocycles. The first-order valence-corrected chi connectivity index (χ1v) is 8.98. The van der Waals surface area contributed by atoms with E-state index in [0.717, 1.165) is 36.8 Å². The van der Waals surface area contributed by atoms with Crippen molar-refractivity contribution in [3.63, 3.8) is 0 Å². The Kier molecular flexibility index (Phi) is 4.10. The predicted molar refractivity (Wildman–Crippen MR) is 98.6 cm³/mol. The van der Waals surface area contributed by atoms with E-state index in [1.165, 1.54) is 23.1 Å². The van der Waals surface area contributed by atoms with Crippen molar-refractivity contribution >= 4 is 39.1 Å². The Morgan fingerprint density at radius 1 is 0.917 bits per heavy atom. The third-order valence-corrected chi connectivity index (χ3v) is 5.40. The fourth-order valence-electron chi connectivity index (χ4n) is 2.28. The van der Waals surface area contributed by atoms with Gasteiger partial charge in [-0.3, -0.25) is 0 Å². The van der Waals surface area contributed by atoms with Crippen molar-refractivity contribution in [2.75, 3.05) is 12.4 Å². The van der Waals surface area contributed by atoms with Crippen molar-refractivity contribution < 1.29 is 0 Å². The molecule has 0 bridgehead atoms. The van der Waals surface area contributed by atoms with E-state index in [2.05, 4.69) is 15.5 Å². The smallest absolute Gasteiger partial charge is 0.206 e. The van der Waals surface area contributed by atoms with Gasteiger partial charge in [0.15, 0.2) is 10.2 Å². The van der Waals surface area contributed by atoms with Gasteiger partial charge in [-0.15, -0.1) is 10.2 Å². The minimum Gasteiger partial charge on any atom is -0.363 e. The summed E-state index contributed by atoms with van der Waals surface area (Å²) in [6.07, 6.45) is 0. The van der Waals surface area contributed by atoms with Gasteiger partial charge in [-0.25, -0.2) is 9.97 Å². The van der Waals surface area contributed by atoms with Gasteiger partial charge < -0.3 is 5.32 Å². The van der Waals surface area contributed by atoms with Gasteiger partial charge in [0.25, 0.3) is 0 Å². The number of fused-ring (bicyclic) bond motifs is 1. The maximum Gasteiger partial charge on any atom is 0.206 e. The Bertz CT molecular complexity index is 985. The van der Waals surface area contributed by atoms with Crippen LogP contribution in [0, 0.1) is 0 Å². The van der Waals surface area contributed by atoms with Crippen LogP contribution in [-0.4, -0.2) is 27.2 Å². The Hall–Kier alpha value is -2.51. The van der Waals surface area contributed by atoms with Crippen molar-refractivity contribution in [3.8, 4) is 11.4 Å². The van der Waals surface area contributed by atoms with Gasteiger partial charge in [0.1, 0.15) is 5.03 Å². The topological polar surface area (TPSA) is 63.6 Å². The molecule has 0 unspecified atom stereocenters. The molecule has 0 aliphatic heterocycles. The number of rotatable bonds is 4. The fraction of sp³-hybridized carbons (Fsp3) is 0.0588. The molecule has 0 atom stereocenters. The summed E-state index contributed by atoms with van der Waals surface area (Å²) in [5, 5.41) is 14.0. The second kappa shape index (κ2) is 6.54. The number of nitrogens with one attached hydrogen (secondary N) is 1. The second-order valence-electron chi connectivity index (χ2n) is 4.96. The summed E-state index contributed by atoms with van der Waals surface area (Å²) in [5.41, 5.74) is 1.92. The lowest BCUT2D eigenvalue weighted by Gasteiger charge is -2.07. The van der Waals surface area contributed by atoms with Crippen molar-refractivity contribution in [2.45, 2.75) is 9.37 Å². The third-order valence-electron chi connectivity index (χ3n) is 3.40. The van der Waals surface area contributed by atoms with E-state index < -0.39 is 0 Å². The molecule has 0 fully saturated rings. The molecule has 0 spiro atoms. The molecule has 4 rings (SSSR count). The molecule has 1 N–H and O–H groups in total. The van der Waals surface area contributed by atoms with Gasteiger partial charge in [-0.05, 0) is 17.8 Å². The predicted octanol–water partition coefficient (Wildman–Crippen LogP) is 4.34. The fourth-order valence-corrected chi connectivity index (χ4v) is 4.01. The van der Waals surface area contributed by atoms with E-state index in [9.17, 15) is 0 Å². The first-order valence-electron chi connectivity index (χ1n) is 7.35. The number of para-hydroxylation sites is 1. The summed E-state index contributed by atoms with van der Waals surface area (Å²) in [5.74, 6) is 0.718. The molecule has 24 heavy (non-hydrogen) atoms. The number of benzene rings is 2. The normalized spacial score (nSPS) is 10.9. The largest absolute Gasteiger partial charge is 0.363 e. The Balaban J connectivity index is 1.83. The molecule has 0 radical (unpaired) electrons. The molecular formula is C17H13N5S2. The molecule has 4 aromatic rings. The summed E-state index contributed by atoms with van der Waals surface area (Å²) in [6, 6.07) is 18.0. The minimum atomic E-state index is 0.718. The highest BCUT2D eigenvalue weighted by molar-refractivity contribution is 8.01. The van der Waals surface area contributed by atoms with Crippen LogP contribution in [0.4, 0.5) is 5.13 Å². The first kappa shape index (κ1) is 15.0. The van der Waals surface area contributed by atoms with Gasteiger partial charge in [-0.2, -0.15) is 0 Å². The zero-order valence-electron chi connectivity index (χ0n) is 12.8. The minimum absolute atomic E-state index is 0.718. The molecule has 2 heterocycles. The van der Waals surface area contributed by atoms with Gasteiger partial charge in [0.05, 0.1) is 5.52 Å². The van der Waals surface area contributed by atoms with Crippen LogP contribution in [-0.2, 0) is 0 Å². The highest BCUT2D eigenvalue weighted by Crippen LogP contribution is 2.35.